The number of hydrogen-bond acceptors (Lipinski definition) is 7. The molecule has 0 aliphatic carbocycles. The van der Waals surface area contributed by atoms with Crippen molar-refractivity contribution >= 4 is 17.4 Å². The van der Waals surface area contributed by atoms with Gasteiger partial charge < -0.3 is 29.1 Å². The summed E-state index contributed by atoms with van der Waals surface area (Å²) in [6.45, 7) is 16.0. The highest BCUT2D eigenvalue weighted by Crippen LogP contribution is 2.42. The Labute approximate surface area is 251 Å². The second-order valence-electron chi connectivity index (χ2n) is 11.2. The van der Waals surface area contributed by atoms with E-state index in [9.17, 15) is 14.7 Å². The van der Waals surface area contributed by atoms with E-state index in [0.717, 1.165) is 37.9 Å². The van der Waals surface area contributed by atoms with E-state index in [4.69, 9.17) is 14.2 Å². The molecule has 1 amide bonds. The molecule has 42 heavy (non-hydrogen) atoms. The molecule has 1 aliphatic rings. The number of nitrogens with zero attached hydrogens (tertiary/aromatic N) is 2. The van der Waals surface area contributed by atoms with Gasteiger partial charge in [0.05, 0.1) is 31.9 Å². The summed E-state index contributed by atoms with van der Waals surface area (Å²) in [4.78, 5) is 30.8. The third kappa shape index (κ3) is 7.85. The molecule has 2 aromatic carbocycles. The average Bonchev–Trinajstić information content (AvgIpc) is 3.23. The van der Waals surface area contributed by atoms with Crippen LogP contribution in [-0.2, 0) is 9.59 Å². The second-order valence-corrected chi connectivity index (χ2v) is 11.2. The summed E-state index contributed by atoms with van der Waals surface area (Å²) in [7, 11) is 1.57. The number of ketones is 1. The molecule has 0 aromatic heterocycles. The summed E-state index contributed by atoms with van der Waals surface area (Å²) in [5.74, 6) is 0.656. The van der Waals surface area contributed by atoms with Crippen LogP contribution < -0.4 is 14.2 Å². The largest absolute Gasteiger partial charge is 0.507 e. The van der Waals surface area contributed by atoms with Crippen molar-refractivity contribution in [1.29, 1.82) is 0 Å². The van der Waals surface area contributed by atoms with Crippen LogP contribution in [-0.4, -0.2) is 73.1 Å². The third-order valence-electron chi connectivity index (χ3n) is 7.64. The molecule has 1 unspecified atom stereocenters. The van der Waals surface area contributed by atoms with Gasteiger partial charge in [-0.2, -0.15) is 0 Å². The average molecular weight is 581 g/mol. The summed E-state index contributed by atoms with van der Waals surface area (Å²) in [5.41, 5.74) is 1.97. The van der Waals surface area contributed by atoms with Crippen molar-refractivity contribution in [1.82, 2.24) is 9.80 Å². The number of aliphatic hydroxyl groups excluding tert-OH is 1. The minimum Gasteiger partial charge on any atom is -0.507 e. The molecule has 0 spiro atoms. The predicted octanol–water partition coefficient (Wildman–Crippen LogP) is 6.37. The van der Waals surface area contributed by atoms with Gasteiger partial charge in [-0.25, -0.2) is 0 Å². The lowest BCUT2D eigenvalue weighted by Gasteiger charge is -2.28. The minimum absolute atomic E-state index is 0.0668. The number of aliphatic hydroxyl groups is 1. The number of rotatable bonds is 16. The first kappa shape index (κ1) is 33.0. The zero-order chi connectivity index (χ0) is 30.8. The van der Waals surface area contributed by atoms with Crippen molar-refractivity contribution < 1.29 is 28.9 Å². The molecule has 3 rings (SSSR count). The van der Waals surface area contributed by atoms with E-state index >= 15 is 0 Å². The fourth-order valence-corrected chi connectivity index (χ4v) is 5.15. The van der Waals surface area contributed by atoms with E-state index in [-0.39, 0.29) is 11.3 Å². The summed E-state index contributed by atoms with van der Waals surface area (Å²) in [6.07, 6.45) is 3.11. The molecule has 0 radical (unpaired) electrons. The molecule has 0 saturated carbocycles. The predicted molar refractivity (Wildman–Crippen MR) is 166 cm³/mol. The van der Waals surface area contributed by atoms with Gasteiger partial charge in [0, 0.05) is 18.7 Å². The van der Waals surface area contributed by atoms with Gasteiger partial charge in [-0.15, -0.1) is 0 Å². The monoisotopic (exact) mass is 580 g/mol. The van der Waals surface area contributed by atoms with Gasteiger partial charge in [0.25, 0.3) is 11.7 Å². The van der Waals surface area contributed by atoms with Crippen molar-refractivity contribution in [3.05, 3.63) is 58.7 Å². The molecule has 8 heteroatoms. The molecular formula is C34H48N2O6. The van der Waals surface area contributed by atoms with Crippen molar-refractivity contribution in [3.8, 4) is 17.2 Å². The molecule has 230 valence electrons. The van der Waals surface area contributed by atoms with Crippen LogP contribution in [0.25, 0.3) is 5.76 Å². The lowest BCUT2D eigenvalue weighted by Crippen LogP contribution is -2.38. The highest BCUT2D eigenvalue weighted by molar-refractivity contribution is 6.46. The van der Waals surface area contributed by atoms with E-state index < -0.39 is 17.7 Å². The van der Waals surface area contributed by atoms with Gasteiger partial charge in [0.2, 0.25) is 0 Å². The van der Waals surface area contributed by atoms with Gasteiger partial charge in [-0.05, 0) is 73.8 Å². The van der Waals surface area contributed by atoms with Crippen molar-refractivity contribution in [3.63, 3.8) is 0 Å². The maximum atomic E-state index is 13.6. The van der Waals surface area contributed by atoms with E-state index in [1.165, 1.54) is 0 Å². The van der Waals surface area contributed by atoms with E-state index in [2.05, 4.69) is 39.5 Å². The Morgan fingerprint density at radius 1 is 1.00 bits per heavy atom. The fraction of sp³-hybridized carbons (Fsp3) is 0.529. The Hall–Kier alpha value is -3.52. The Bertz CT molecular complexity index is 1250. The maximum Gasteiger partial charge on any atom is 0.295 e. The third-order valence-corrected chi connectivity index (χ3v) is 7.64. The lowest BCUT2D eigenvalue weighted by atomic mass is 9.93. The van der Waals surface area contributed by atoms with Crippen LogP contribution in [0.5, 0.6) is 17.2 Å². The number of likely N-dealkylation sites (tertiary alicyclic amines) is 1. The van der Waals surface area contributed by atoms with Gasteiger partial charge >= 0.3 is 0 Å². The molecule has 1 N–H and O–H groups in total. The summed E-state index contributed by atoms with van der Waals surface area (Å²) in [6, 6.07) is 10.1. The zero-order valence-electron chi connectivity index (χ0n) is 26.4. The van der Waals surface area contributed by atoms with Crippen molar-refractivity contribution in [2.75, 3.05) is 46.5 Å². The fourth-order valence-electron chi connectivity index (χ4n) is 5.15. The van der Waals surface area contributed by atoms with Crippen LogP contribution >= 0.6 is 0 Å². The summed E-state index contributed by atoms with van der Waals surface area (Å²) >= 11 is 0. The van der Waals surface area contributed by atoms with E-state index in [0.29, 0.717) is 60.6 Å². The number of ether oxygens (including phenoxy) is 3. The number of carbonyl (C=O) groups is 2. The Morgan fingerprint density at radius 2 is 1.74 bits per heavy atom. The smallest absolute Gasteiger partial charge is 0.295 e. The first-order valence-electron chi connectivity index (χ1n) is 15.2. The number of carbonyl (C=O) groups excluding carboxylic acids is 2. The topological polar surface area (TPSA) is 88.5 Å². The Kier molecular flexibility index (Phi) is 12.3. The number of unbranched alkanes of at least 4 members (excludes halogenated alkanes) is 2. The molecule has 1 aliphatic heterocycles. The van der Waals surface area contributed by atoms with Crippen LogP contribution in [0.15, 0.2) is 42.0 Å². The lowest BCUT2D eigenvalue weighted by molar-refractivity contribution is -0.140. The molecule has 8 nitrogen and oxygen atoms in total. The summed E-state index contributed by atoms with van der Waals surface area (Å²) < 4.78 is 17.5. The number of Topliss-reactive ketones (excluding diaryl/α,β-unsaturated/α-hetero) is 1. The Morgan fingerprint density at radius 3 is 2.36 bits per heavy atom. The molecule has 0 bridgehead atoms. The quantitative estimate of drug-likeness (QED) is 0.107. The number of amides is 1. The van der Waals surface area contributed by atoms with Gasteiger partial charge in [0.1, 0.15) is 11.5 Å². The van der Waals surface area contributed by atoms with Crippen LogP contribution in [0.3, 0.4) is 0 Å². The zero-order valence-corrected chi connectivity index (χ0v) is 26.4. The number of likely N-dealkylation sites (N-methyl/N-ethyl adjacent to an activating group) is 1. The number of hydrogen-bond donors (Lipinski definition) is 1. The van der Waals surface area contributed by atoms with Gasteiger partial charge in [0.15, 0.2) is 11.5 Å². The first-order chi connectivity index (χ1) is 20.2. The first-order valence-corrected chi connectivity index (χ1v) is 15.2. The molecule has 1 fully saturated rings. The van der Waals surface area contributed by atoms with Crippen molar-refractivity contribution in [2.24, 2.45) is 5.92 Å². The van der Waals surface area contributed by atoms with Gasteiger partial charge in [-0.3, -0.25) is 9.59 Å². The Balaban J connectivity index is 2.08. The summed E-state index contributed by atoms with van der Waals surface area (Å²) in [5, 5.41) is 11.6. The molecule has 2 aromatic rings. The maximum absolute atomic E-state index is 13.6. The number of benzene rings is 2. The SMILES string of the molecule is CCCCCOc1ccc(C2/C(=C(\O)c3ccc(OCC(C)C)cc3C)C(=O)C(=O)N2CCN(CC)CC)cc1OC. The van der Waals surface area contributed by atoms with Crippen LogP contribution in [0.1, 0.15) is 76.6 Å². The standard InChI is InChI=1S/C34H48N2O6/c1-8-11-12-19-41-28-16-13-25(21-29(28)40-7)31-30(33(38)34(39)36(31)18-17-35(9-2)10-3)32(37)27-15-14-26(20-24(27)6)42-22-23(4)5/h13-16,20-21,23,31,37H,8-12,17-19,22H2,1-7H3/b32-30+. The van der Waals surface area contributed by atoms with Crippen LogP contribution in [0.2, 0.25) is 0 Å². The highest BCUT2D eigenvalue weighted by Gasteiger charge is 2.46. The number of aryl methyl sites for hydroxylation is 1. The van der Waals surface area contributed by atoms with Crippen LogP contribution in [0, 0.1) is 12.8 Å². The molecule has 1 heterocycles. The second kappa shape index (κ2) is 15.6. The normalized spacial score (nSPS) is 16.5. The molecule has 1 saturated heterocycles. The molecular weight excluding hydrogens is 532 g/mol. The van der Waals surface area contributed by atoms with Crippen molar-refractivity contribution in [2.45, 2.75) is 66.8 Å². The van der Waals surface area contributed by atoms with Crippen LogP contribution in [0.4, 0.5) is 0 Å². The highest BCUT2D eigenvalue weighted by atomic mass is 16.5. The molecule has 1 atom stereocenters. The van der Waals surface area contributed by atoms with E-state index in [1.54, 1.807) is 30.2 Å². The minimum atomic E-state index is -0.778. The van der Waals surface area contributed by atoms with Gasteiger partial charge in [-0.1, -0.05) is 53.5 Å². The number of methoxy groups -OCH3 is 1. The van der Waals surface area contributed by atoms with E-state index in [1.807, 2.05) is 25.1 Å².